The molecular formula is C14H25F3N2O2. The van der Waals surface area contributed by atoms with Gasteiger partial charge in [0.2, 0.25) is 5.91 Å². The summed E-state index contributed by atoms with van der Waals surface area (Å²) in [7, 11) is 0. The number of halogens is 3. The first kappa shape index (κ1) is 18.2. The fraction of sp³-hybridized carbons (Fsp3) is 0.929. The second-order valence-corrected chi connectivity index (χ2v) is 7.04. The third kappa shape index (κ3) is 6.22. The van der Waals surface area contributed by atoms with E-state index in [9.17, 15) is 23.1 Å². The molecule has 0 heterocycles. The van der Waals surface area contributed by atoms with Gasteiger partial charge < -0.3 is 15.7 Å². The van der Waals surface area contributed by atoms with Crippen LogP contribution in [0.5, 0.6) is 0 Å². The Morgan fingerprint density at radius 2 is 1.95 bits per heavy atom. The second-order valence-electron chi connectivity index (χ2n) is 7.04. The smallest absolute Gasteiger partial charge is 0.394 e. The van der Waals surface area contributed by atoms with Crippen LogP contribution in [-0.4, -0.2) is 42.4 Å². The largest absolute Gasteiger partial charge is 0.405 e. The Bertz CT molecular complexity index is 372. The minimum Gasteiger partial charge on any atom is -0.394 e. The summed E-state index contributed by atoms with van der Waals surface area (Å²) >= 11 is 0. The summed E-state index contributed by atoms with van der Waals surface area (Å²) in [6.45, 7) is 4.59. The minimum atomic E-state index is -4.41. The molecule has 0 radical (unpaired) electrons. The molecule has 124 valence electrons. The molecule has 1 saturated carbocycles. The fourth-order valence-electron chi connectivity index (χ4n) is 3.58. The van der Waals surface area contributed by atoms with Gasteiger partial charge in [-0.2, -0.15) is 13.2 Å². The highest BCUT2D eigenvalue weighted by Gasteiger charge is 2.42. The molecule has 0 unspecified atom stereocenters. The van der Waals surface area contributed by atoms with E-state index in [1.807, 2.05) is 5.32 Å². The molecule has 1 fully saturated rings. The molecule has 0 aliphatic heterocycles. The first-order valence-corrected chi connectivity index (χ1v) is 7.16. The fourth-order valence-corrected chi connectivity index (χ4v) is 3.58. The van der Waals surface area contributed by atoms with Crippen LogP contribution in [0.3, 0.4) is 0 Å². The highest BCUT2D eigenvalue weighted by atomic mass is 19.4. The maximum Gasteiger partial charge on any atom is 0.405 e. The van der Waals surface area contributed by atoms with Gasteiger partial charge in [-0.05, 0) is 30.6 Å². The second kappa shape index (κ2) is 6.52. The van der Waals surface area contributed by atoms with Crippen LogP contribution in [-0.2, 0) is 4.79 Å². The molecule has 1 rings (SSSR count). The standard InChI is InChI=1S/C14H25F3N2O2/c1-10-4-12(2,3)7-13(5-10,9-20)19-6-11(21)18-8-14(15,16)17/h10,19-20H,4-9H2,1-3H3,(H,18,21)/t10-,13+/m0/s1. The van der Waals surface area contributed by atoms with Gasteiger partial charge in [0, 0.05) is 5.54 Å². The van der Waals surface area contributed by atoms with Gasteiger partial charge >= 0.3 is 6.18 Å². The van der Waals surface area contributed by atoms with Crippen LogP contribution in [0.2, 0.25) is 0 Å². The highest BCUT2D eigenvalue weighted by molar-refractivity contribution is 5.78. The molecule has 0 saturated heterocycles. The van der Waals surface area contributed by atoms with Gasteiger partial charge in [-0.15, -0.1) is 0 Å². The number of hydrogen-bond acceptors (Lipinski definition) is 3. The van der Waals surface area contributed by atoms with E-state index in [4.69, 9.17) is 0 Å². The monoisotopic (exact) mass is 310 g/mol. The van der Waals surface area contributed by atoms with Crippen LogP contribution in [0, 0.1) is 11.3 Å². The number of alkyl halides is 3. The molecule has 7 heteroatoms. The van der Waals surface area contributed by atoms with Crippen molar-refractivity contribution in [3.8, 4) is 0 Å². The lowest BCUT2D eigenvalue weighted by Gasteiger charge is -2.47. The third-order valence-corrected chi connectivity index (χ3v) is 3.87. The molecule has 0 spiro atoms. The SMILES string of the molecule is C[C@H]1CC(C)(C)C[C@](CO)(NCC(=O)NCC(F)(F)F)C1. The number of amides is 1. The normalized spacial score (nSPS) is 29.2. The lowest BCUT2D eigenvalue weighted by atomic mass is 9.64. The topological polar surface area (TPSA) is 61.4 Å². The Morgan fingerprint density at radius 3 is 2.43 bits per heavy atom. The maximum atomic E-state index is 12.0. The van der Waals surface area contributed by atoms with E-state index in [2.05, 4.69) is 26.1 Å². The maximum absolute atomic E-state index is 12.0. The number of aliphatic hydroxyl groups is 1. The lowest BCUT2D eigenvalue weighted by Crippen LogP contribution is -2.57. The van der Waals surface area contributed by atoms with Crippen molar-refractivity contribution in [2.45, 2.75) is 51.7 Å². The lowest BCUT2D eigenvalue weighted by molar-refractivity contribution is -0.138. The van der Waals surface area contributed by atoms with Gasteiger partial charge in [0.1, 0.15) is 6.54 Å². The van der Waals surface area contributed by atoms with Gasteiger partial charge in [0.15, 0.2) is 0 Å². The Labute approximate surface area is 123 Å². The predicted octanol–water partition coefficient (Wildman–Crippen LogP) is 1.83. The molecule has 1 aliphatic rings. The number of aliphatic hydroxyl groups excluding tert-OH is 1. The Kier molecular flexibility index (Phi) is 5.66. The highest BCUT2D eigenvalue weighted by Crippen LogP contribution is 2.43. The zero-order chi connectivity index (χ0) is 16.3. The van der Waals surface area contributed by atoms with Crippen molar-refractivity contribution in [1.82, 2.24) is 10.6 Å². The quantitative estimate of drug-likeness (QED) is 0.726. The third-order valence-electron chi connectivity index (χ3n) is 3.87. The molecule has 21 heavy (non-hydrogen) atoms. The Balaban J connectivity index is 2.55. The van der Waals surface area contributed by atoms with Crippen LogP contribution in [0.15, 0.2) is 0 Å². The molecule has 1 amide bonds. The first-order chi connectivity index (χ1) is 9.47. The van der Waals surface area contributed by atoms with Crippen LogP contribution in [0.25, 0.3) is 0 Å². The minimum absolute atomic E-state index is 0.0237. The van der Waals surface area contributed by atoms with Crippen molar-refractivity contribution >= 4 is 5.91 Å². The van der Waals surface area contributed by atoms with Crippen LogP contribution < -0.4 is 10.6 Å². The van der Waals surface area contributed by atoms with E-state index in [-0.39, 0.29) is 18.6 Å². The van der Waals surface area contributed by atoms with Gasteiger partial charge in [0.05, 0.1) is 13.2 Å². The number of hydrogen-bond donors (Lipinski definition) is 3. The van der Waals surface area contributed by atoms with E-state index in [1.54, 1.807) is 0 Å². The molecule has 0 bridgehead atoms. The summed E-state index contributed by atoms with van der Waals surface area (Å²) in [5.74, 6) is -0.331. The molecule has 0 aromatic rings. The molecule has 3 N–H and O–H groups in total. The van der Waals surface area contributed by atoms with Crippen molar-refractivity contribution in [3.63, 3.8) is 0 Å². The Hall–Kier alpha value is -0.820. The van der Waals surface area contributed by atoms with E-state index < -0.39 is 24.2 Å². The molecular weight excluding hydrogens is 285 g/mol. The van der Waals surface area contributed by atoms with E-state index in [0.29, 0.717) is 18.8 Å². The molecule has 2 atom stereocenters. The molecule has 0 aromatic carbocycles. The van der Waals surface area contributed by atoms with Gasteiger partial charge in [-0.1, -0.05) is 20.8 Å². The summed E-state index contributed by atoms with van der Waals surface area (Å²) in [6, 6.07) is 0. The summed E-state index contributed by atoms with van der Waals surface area (Å²) in [5.41, 5.74) is -0.577. The van der Waals surface area contributed by atoms with Crippen LogP contribution in [0.1, 0.15) is 40.0 Å². The summed E-state index contributed by atoms with van der Waals surface area (Å²) in [6.07, 6.45) is -1.99. The summed E-state index contributed by atoms with van der Waals surface area (Å²) < 4.78 is 36.1. The molecule has 1 aliphatic carbocycles. The number of rotatable bonds is 5. The first-order valence-electron chi connectivity index (χ1n) is 7.16. The average molecular weight is 310 g/mol. The summed E-state index contributed by atoms with van der Waals surface area (Å²) in [5, 5.41) is 14.5. The van der Waals surface area contributed by atoms with Gasteiger partial charge in [0.25, 0.3) is 0 Å². The van der Waals surface area contributed by atoms with E-state index in [1.165, 1.54) is 0 Å². The Morgan fingerprint density at radius 1 is 1.33 bits per heavy atom. The number of nitrogens with one attached hydrogen (secondary N) is 2. The van der Waals surface area contributed by atoms with Crippen molar-refractivity contribution < 1.29 is 23.1 Å². The zero-order valence-electron chi connectivity index (χ0n) is 12.8. The average Bonchev–Trinajstić information content (AvgIpc) is 2.30. The zero-order valence-corrected chi connectivity index (χ0v) is 12.8. The van der Waals surface area contributed by atoms with Crippen molar-refractivity contribution in [3.05, 3.63) is 0 Å². The van der Waals surface area contributed by atoms with Crippen molar-refractivity contribution in [1.29, 1.82) is 0 Å². The van der Waals surface area contributed by atoms with E-state index >= 15 is 0 Å². The summed E-state index contributed by atoms with van der Waals surface area (Å²) in [4.78, 5) is 11.5. The van der Waals surface area contributed by atoms with Crippen molar-refractivity contribution in [2.75, 3.05) is 19.7 Å². The number of carbonyl (C=O) groups excluding carboxylic acids is 1. The van der Waals surface area contributed by atoms with Gasteiger partial charge in [-0.3, -0.25) is 4.79 Å². The van der Waals surface area contributed by atoms with Crippen LogP contribution >= 0.6 is 0 Å². The van der Waals surface area contributed by atoms with Crippen molar-refractivity contribution in [2.24, 2.45) is 11.3 Å². The molecule has 4 nitrogen and oxygen atoms in total. The van der Waals surface area contributed by atoms with E-state index in [0.717, 1.165) is 6.42 Å². The molecule has 0 aromatic heterocycles. The number of carbonyl (C=O) groups is 1. The van der Waals surface area contributed by atoms with Gasteiger partial charge in [-0.25, -0.2) is 0 Å². The van der Waals surface area contributed by atoms with Crippen LogP contribution in [0.4, 0.5) is 13.2 Å². The predicted molar refractivity (Wildman–Crippen MR) is 73.7 cm³/mol.